The standard InChI is InChI=1S/C13H26N2O/c16-10-6-12-5-7-14-13(11-12)15-8-3-1-2-4-9-15/h12-14,16H,1-11H2. The van der Waals surface area contributed by atoms with Gasteiger partial charge in [-0.05, 0) is 57.7 Å². The van der Waals surface area contributed by atoms with Crippen LogP contribution in [0.15, 0.2) is 0 Å². The van der Waals surface area contributed by atoms with Gasteiger partial charge in [-0.2, -0.15) is 0 Å². The highest BCUT2D eigenvalue weighted by Crippen LogP contribution is 2.23. The van der Waals surface area contributed by atoms with E-state index < -0.39 is 0 Å². The number of nitrogens with zero attached hydrogens (tertiary/aromatic N) is 1. The molecule has 16 heavy (non-hydrogen) atoms. The Morgan fingerprint density at radius 1 is 1.12 bits per heavy atom. The molecule has 2 heterocycles. The molecule has 2 saturated heterocycles. The van der Waals surface area contributed by atoms with E-state index in [9.17, 15) is 0 Å². The molecule has 0 aromatic rings. The summed E-state index contributed by atoms with van der Waals surface area (Å²) < 4.78 is 0. The van der Waals surface area contributed by atoms with Crippen LogP contribution in [-0.4, -0.2) is 42.4 Å². The molecule has 0 radical (unpaired) electrons. The summed E-state index contributed by atoms with van der Waals surface area (Å²) in [6, 6.07) is 0. The van der Waals surface area contributed by atoms with Crippen LogP contribution in [0, 0.1) is 5.92 Å². The van der Waals surface area contributed by atoms with Crippen molar-refractivity contribution in [2.24, 2.45) is 5.92 Å². The van der Waals surface area contributed by atoms with Crippen LogP contribution in [0.1, 0.15) is 44.9 Å². The minimum Gasteiger partial charge on any atom is -0.396 e. The number of aliphatic hydroxyl groups is 1. The monoisotopic (exact) mass is 226 g/mol. The number of rotatable bonds is 3. The van der Waals surface area contributed by atoms with Crippen LogP contribution in [0.5, 0.6) is 0 Å². The summed E-state index contributed by atoms with van der Waals surface area (Å²) in [6.07, 6.45) is 9.60. The van der Waals surface area contributed by atoms with Crippen LogP contribution in [0.4, 0.5) is 0 Å². The Morgan fingerprint density at radius 2 is 1.88 bits per heavy atom. The van der Waals surface area contributed by atoms with Gasteiger partial charge in [0.1, 0.15) is 0 Å². The number of hydrogen-bond acceptors (Lipinski definition) is 3. The van der Waals surface area contributed by atoms with Crippen LogP contribution < -0.4 is 5.32 Å². The Balaban J connectivity index is 1.82. The first-order valence-electron chi connectivity index (χ1n) is 6.98. The SMILES string of the molecule is OCCC1CCNC(N2CCCCCC2)C1. The molecule has 2 aliphatic heterocycles. The number of aliphatic hydroxyl groups excluding tert-OH is 1. The molecule has 0 saturated carbocycles. The third-order valence-electron chi connectivity index (χ3n) is 4.11. The Kier molecular flexibility index (Phi) is 5.07. The first kappa shape index (κ1) is 12.3. The topological polar surface area (TPSA) is 35.5 Å². The van der Waals surface area contributed by atoms with Gasteiger partial charge in [0.2, 0.25) is 0 Å². The van der Waals surface area contributed by atoms with E-state index in [1.54, 1.807) is 0 Å². The van der Waals surface area contributed by atoms with E-state index >= 15 is 0 Å². The molecule has 0 aliphatic carbocycles. The fourth-order valence-corrected chi connectivity index (χ4v) is 3.10. The van der Waals surface area contributed by atoms with E-state index in [1.807, 2.05) is 0 Å². The molecule has 2 rings (SSSR count). The van der Waals surface area contributed by atoms with Gasteiger partial charge in [-0.25, -0.2) is 0 Å². The molecule has 2 fully saturated rings. The zero-order valence-electron chi connectivity index (χ0n) is 10.3. The fourth-order valence-electron chi connectivity index (χ4n) is 3.10. The second-order valence-corrected chi connectivity index (χ2v) is 5.32. The normalized spacial score (nSPS) is 33.6. The van der Waals surface area contributed by atoms with E-state index in [0.29, 0.717) is 12.8 Å². The van der Waals surface area contributed by atoms with Crippen LogP contribution in [0.25, 0.3) is 0 Å². The smallest absolute Gasteiger partial charge is 0.0599 e. The van der Waals surface area contributed by atoms with Gasteiger partial charge in [-0.3, -0.25) is 4.90 Å². The molecule has 0 spiro atoms. The highest BCUT2D eigenvalue weighted by atomic mass is 16.3. The van der Waals surface area contributed by atoms with Crippen molar-refractivity contribution in [1.82, 2.24) is 10.2 Å². The summed E-state index contributed by atoms with van der Waals surface area (Å²) in [7, 11) is 0. The van der Waals surface area contributed by atoms with Crippen molar-refractivity contribution in [3.63, 3.8) is 0 Å². The van der Waals surface area contributed by atoms with Crippen LogP contribution in [0.2, 0.25) is 0 Å². The summed E-state index contributed by atoms with van der Waals surface area (Å²) in [5.74, 6) is 0.736. The van der Waals surface area contributed by atoms with Gasteiger partial charge in [0, 0.05) is 6.61 Å². The summed E-state index contributed by atoms with van der Waals surface area (Å²) in [6.45, 7) is 4.02. The molecule has 2 unspecified atom stereocenters. The van der Waals surface area contributed by atoms with Crippen molar-refractivity contribution in [2.75, 3.05) is 26.2 Å². The van der Waals surface area contributed by atoms with Gasteiger partial charge < -0.3 is 10.4 Å². The molecule has 94 valence electrons. The molecule has 0 aromatic heterocycles. The Morgan fingerprint density at radius 3 is 2.56 bits per heavy atom. The molecule has 3 heteroatoms. The van der Waals surface area contributed by atoms with Crippen LogP contribution in [0.3, 0.4) is 0 Å². The number of nitrogens with one attached hydrogen (secondary N) is 1. The molecule has 2 aliphatic rings. The van der Waals surface area contributed by atoms with Gasteiger partial charge in [-0.15, -0.1) is 0 Å². The van der Waals surface area contributed by atoms with E-state index in [0.717, 1.165) is 18.9 Å². The summed E-state index contributed by atoms with van der Waals surface area (Å²) >= 11 is 0. The zero-order valence-corrected chi connectivity index (χ0v) is 10.3. The van der Waals surface area contributed by atoms with Gasteiger partial charge >= 0.3 is 0 Å². The summed E-state index contributed by atoms with van der Waals surface area (Å²) in [4.78, 5) is 2.64. The minimum atomic E-state index is 0.359. The molecule has 2 N–H and O–H groups in total. The third-order valence-corrected chi connectivity index (χ3v) is 4.11. The van der Waals surface area contributed by atoms with Gasteiger partial charge in [0.25, 0.3) is 0 Å². The Bertz CT molecular complexity index is 188. The van der Waals surface area contributed by atoms with Crippen molar-refractivity contribution in [2.45, 2.75) is 51.1 Å². The zero-order chi connectivity index (χ0) is 11.2. The highest BCUT2D eigenvalue weighted by Gasteiger charge is 2.26. The lowest BCUT2D eigenvalue weighted by molar-refractivity contribution is 0.105. The number of likely N-dealkylation sites (tertiary alicyclic amines) is 1. The molecule has 2 atom stereocenters. The van der Waals surface area contributed by atoms with Gasteiger partial charge in [-0.1, -0.05) is 12.8 Å². The number of piperidine rings is 1. The van der Waals surface area contributed by atoms with Crippen molar-refractivity contribution >= 4 is 0 Å². The molecule has 3 nitrogen and oxygen atoms in total. The molecular weight excluding hydrogens is 200 g/mol. The molecule has 0 aromatic carbocycles. The first-order valence-corrected chi connectivity index (χ1v) is 6.98. The van der Waals surface area contributed by atoms with Crippen LogP contribution >= 0.6 is 0 Å². The highest BCUT2D eigenvalue weighted by molar-refractivity contribution is 4.80. The quantitative estimate of drug-likeness (QED) is 0.767. The number of hydrogen-bond donors (Lipinski definition) is 2. The van der Waals surface area contributed by atoms with E-state index in [4.69, 9.17) is 5.11 Å². The van der Waals surface area contributed by atoms with Crippen molar-refractivity contribution < 1.29 is 5.11 Å². The Labute approximate surface area is 99.2 Å². The lowest BCUT2D eigenvalue weighted by Crippen LogP contribution is -2.50. The summed E-state index contributed by atoms with van der Waals surface area (Å²) in [5, 5.41) is 12.7. The lowest BCUT2D eigenvalue weighted by atomic mass is 9.92. The second-order valence-electron chi connectivity index (χ2n) is 5.32. The minimum absolute atomic E-state index is 0.359. The van der Waals surface area contributed by atoms with Gasteiger partial charge in [0.05, 0.1) is 6.17 Å². The molecule has 0 amide bonds. The largest absolute Gasteiger partial charge is 0.396 e. The Hall–Kier alpha value is -0.120. The first-order chi connectivity index (χ1) is 7.90. The summed E-state index contributed by atoms with van der Waals surface area (Å²) in [5.41, 5.74) is 0. The lowest BCUT2D eigenvalue weighted by Gasteiger charge is -2.37. The van der Waals surface area contributed by atoms with Gasteiger partial charge in [0.15, 0.2) is 0 Å². The predicted octanol–water partition coefficient (Wildman–Crippen LogP) is 1.57. The molecule has 0 bridgehead atoms. The van der Waals surface area contributed by atoms with Crippen molar-refractivity contribution in [3.05, 3.63) is 0 Å². The average molecular weight is 226 g/mol. The van der Waals surface area contributed by atoms with Crippen molar-refractivity contribution in [1.29, 1.82) is 0 Å². The second kappa shape index (κ2) is 6.58. The van der Waals surface area contributed by atoms with Crippen molar-refractivity contribution in [3.8, 4) is 0 Å². The predicted molar refractivity (Wildman–Crippen MR) is 66.3 cm³/mol. The maximum Gasteiger partial charge on any atom is 0.0599 e. The fraction of sp³-hybridized carbons (Fsp3) is 1.00. The maximum atomic E-state index is 9.03. The van der Waals surface area contributed by atoms with Crippen LogP contribution in [-0.2, 0) is 0 Å². The average Bonchev–Trinajstić information content (AvgIpc) is 2.58. The maximum absolute atomic E-state index is 9.03. The molecular formula is C13H26N2O. The van der Waals surface area contributed by atoms with E-state index in [-0.39, 0.29) is 0 Å². The van der Waals surface area contributed by atoms with E-state index in [1.165, 1.54) is 51.6 Å². The van der Waals surface area contributed by atoms with E-state index in [2.05, 4.69) is 10.2 Å². The third kappa shape index (κ3) is 3.44.